The Balaban J connectivity index is -0.000000820. The van der Waals surface area contributed by atoms with E-state index in [0.29, 0.717) is 37.4 Å². The first-order valence-corrected chi connectivity index (χ1v) is 19.4. The topological polar surface area (TPSA) is 162 Å². The Morgan fingerprint density at radius 3 is 1.86 bits per heavy atom. The fraction of sp³-hybridized carbons (Fsp3) is 0.892. The van der Waals surface area contributed by atoms with Crippen LogP contribution in [-0.4, -0.2) is 75.7 Å². The second kappa shape index (κ2) is 24.7. The first-order chi connectivity index (χ1) is 22.6. The van der Waals surface area contributed by atoms with Gasteiger partial charge in [-0.1, -0.05) is 102 Å². The van der Waals surface area contributed by atoms with Gasteiger partial charge in [-0.05, 0) is 55.8 Å². The van der Waals surface area contributed by atoms with Crippen LogP contribution in [0.2, 0.25) is 0 Å². The first-order valence-electron chi connectivity index (χ1n) is 17.9. The Morgan fingerprint density at radius 1 is 0.920 bits per heavy atom. The third-order valence-electron chi connectivity index (χ3n) is 6.73. The number of aliphatic carboxylic acids is 1. The molecule has 50 heavy (non-hydrogen) atoms. The molecule has 1 atom stereocenters. The highest BCUT2D eigenvalue weighted by Crippen LogP contribution is 2.53. The number of carboxylic acids is 1. The molecule has 0 aliphatic carbocycles. The minimum atomic E-state index is -3.94. The summed E-state index contributed by atoms with van der Waals surface area (Å²) in [5.74, 6) is -0.502. The van der Waals surface area contributed by atoms with Crippen LogP contribution in [0.5, 0.6) is 0 Å². The number of hydrogen-bond acceptors (Lipinski definition) is 10. The molecule has 1 heterocycles. The van der Waals surface area contributed by atoms with E-state index in [0.717, 1.165) is 32.1 Å². The molecule has 0 bridgehead atoms. The summed E-state index contributed by atoms with van der Waals surface area (Å²) < 4.78 is 23.0. The van der Waals surface area contributed by atoms with Gasteiger partial charge in [-0.3, -0.25) is 9.48 Å². The van der Waals surface area contributed by atoms with Gasteiger partial charge in [-0.15, -0.1) is 9.62 Å². The van der Waals surface area contributed by atoms with E-state index in [2.05, 4.69) is 65.7 Å². The smallest absolute Gasteiger partial charge is 0.481 e. The molecule has 0 aliphatic heterocycles. The minimum Gasteiger partial charge on any atom is -0.481 e. The van der Waals surface area contributed by atoms with E-state index in [-0.39, 0.29) is 30.0 Å². The predicted octanol–water partition coefficient (Wildman–Crippen LogP) is 8.81. The van der Waals surface area contributed by atoms with Crippen molar-refractivity contribution in [2.75, 3.05) is 33.5 Å². The normalized spacial score (nSPS) is 13.2. The summed E-state index contributed by atoms with van der Waals surface area (Å²) in [6.45, 7) is 34.7. The van der Waals surface area contributed by atoms with Crippen LogP contribution < -0.4 is 0 Å². The van der Waals surface area contributed by atoms with E-state index >= 15 is 0 Å². The number of carbonyl (C=O) groups excluding carboxylic acids is 1. The van der Waals surface area contributed by atoms with Crippen molar-refractivity contribution in [1.29, 1.82) is 0 Å². The maximum Gasteiger partial charge on any atom is 0.570 e. The van der Waals surface area contributed by atoms with Crippen LogP contribution in [0.1, 0.15) is 142 Å². The molecule has 0 aliphatic rings. The number of ether oxygens (including phenoxy) is 2. The highest BCUT2D eigenvalue weighted by Gasteiger charge is 2.42. The molecule has 0 radical (unpaired) electrons. The van der Waals surface area contributed by atoms with Crippen LogP contribution >= 0.6 is 8.17 Å². The lowest BCUT2D eigenvalue weighted by atomic mass is 9.76. The lowest BCUT2D eigenvalue weighted by Gasteiger charge is -2.28. The summed E-state index contributed by atoms with van der Waals surface area (Å²) in [4.78, 5) is 40.9. The fourth-order valence-electron chi connectivity index (χ4n) is 4.70. The van der Waals surface area contributed by atoms with Crippen molar-refractivity contribution in [1.82, 2.24) is 15.0 Å². The van der Waals surface area contributed by atoms with Crippen LogP contribution in [0.25, 0.3) is 0 Å². The second-order valence-electron chi connectivity index (χ2n) is 17.4. The summed E-state index contributed by atoms with van der Waals surface area (Å²) in [6, 6.07) is 0. The van der Waals surface area contributed by atoms with Gasteiger partial charge in [0, 0.05) is 31.6 Å². The third-order valence-corrected chi connectivity index (χ3v) is 7.66. The Labute approximate surface area is 306 Å². The summed E-state index contributed by atoms with van der Waals surface area (Å²) in [5, 5.41) is 16.7. The van der Waals surface area contributed by atoms with Crippen LogP contribution in [0.3, 0.4) is 0 Å². The van der Waals surface area contributed by atoms with E-state index in [4.69, 9.17) is 23.6 Å². The van der Waals surface area contributed by atoms with E-state index in [1.54, 1.807) is 31.8 Å². The number of aromatic nitrogens is 3. The molecule has 1 aromatic heterocycles. The van der Waals surface area contributed by atoms with Gasteiger partial charge < -0.3 is 19.4 Å². The zero-order valence-electron chi connectivity index (χ0n) is 34.9. The number of aryl methyl sites for hydroxylation is 1. The molecule has 13 heteroatoms. The maximum atomic E-state index is 10.7. The molecule has 0 fully saturated rings. The molecule has 1 aromatic rings. The number of aldehydes is 1. The van der Waals surface area contributed by atoms with Gasteiger partial charge in [0.1, 0.15) is 25.2 Å². The molecule has 1 rings (SSSR count). The molecular formula is C37H77N3O9P+. The van der Waals surface area contributed by atoms with Gasteiger partial charge in [0.2, 0.25) is 0 Å². The lowest BCUT2D eigenvalue weighted by molar-refractivity contribution is -0.148. The number of carbonyl (C=O) groups is 2. The Morgan fingerprint density at radius 2 is 1.46 bits per heavy atom. The molecular weight excluding hydrogens is 661 g/mol. The van der Waals surface area contributed by atoms with Crippen LogP contribution in [0, 0.1) is 33.0 Å². The molecule has 298 valence electrons. The predicted molar refractivity (Wildman–Crippen MR) is 203 cm³/mol. The van der Waals surface area contributed by atoms with E-state index in [1.807, 2.05) is 41.5 Å². The molecule has 0 amide bonds. The number of methoxy groups -OCH3 is 1. The van der Waals surface area contributed by atoms with Crippen LogP contribution in [0.15, 0.2) is 6.20 Å². The zero-order chi connectivity index (χ0) is 40.0. The summed E-state index contributed by atoms with van der Waals surface area (Å²) >= 11 is 0. The van der Waals surface area contributed by atoms with Crippen molar-refractivity contribution >= 4 is 20.4 Å². The van der Waals surface area contributed by atoms with Gasteiger partial charge in [0.25, 0.3) is 0 Å². The Kier molecular flexibility index (Phi) is 26.1. The molecule has 0 saturated heterocycles. The lowest BCUT2D eigenvalue weighted by Crippen LogP contribution is -2.29. The maximum absolute atomic E-state index is 10.7. The van der Waals surface area contributed by atoms with Crippen molar-refractivity contribution < 1.29 is 43.0 Å². The number of carboxylic acid groups (broad SMARTS) is 1. The first kappa shape index (κ1) is 52.8. The average Bonchev–Trinajstić information content (AvgIpc) is 3.41. The quantitative estimate of drug-likeness (QED) is 0.0918. The fourth-order valence-corrected chi connectivity index (χ4v) is 5.59. The standard InChI is InChI=1S/C18H37N3O6P.C9H18O2.C8H16O.C2H6/c1-7-9-21-11-16(19-20-21)12-26-28(22,23)27-15-18(4,5)14-25-13-17(2,3)8-10-24-6;1-8(2,3)6-9(4,5)7(10)11;1-7(6-9)5-8(2,3)4;1-2/h11,22-23H,7-10,12-15H2,1-6H3;6H2,1-5H3,(H,10,11);6-7H,5H2,1-4H3;1-2H3/q+1;;;. The van der Waals surface area contributed by atoms with Crippen molar-refractivity contribution in [3.8, 4) is 0 Å². The van der Waals surface area contributed by atoms with Gasteiger partial charge in [-0.25, -0.2) is 0 Å². The monoisotopic (exact) mass is 739 g/mol. The van der Waals surface area contributed by atoms with Gasteiger partial charge in [0.15, 0.2) is 0 Å². The van der Waals surface area contributed by atoms with E-state index in [9.17, 15) is 19.4 Å². The molecule has 3 N–H and O–H groups in total. The number of rotatable bonds is 19. The largest absolute Gasteiger partial charge is 0.570 e. The average molecular weight is 739 g/mol. The van der Waals surface area contributed by atoms with Crippen molar-refractivity contribution in [2.45, 2.75) is 150 Å². The zero-order valence-corrected chi connectivity index (χ0v) is 35.8. The number of nitrogens with zero attached hydrogens (tertiary/aromatic N) is 3. The minimum absolute atomic E-state index is 0.00991. The van der Waals surface area contributed by atoms with E-state index < -0.39 is 25.0 Å². The van der Waals surface area contributed by atoms with Gasteiger partial charge >= 0.3 is 14.1 Å². The molecule has 12 nitrogen and oxygen atoms in total. The third kappa shape index (κ3) is 31.2. The molecule has 1 unspecified atom stereocenters. The second-order valence-corrected chi connectivity index (χ2v) is 18.9. The summed E-state index contributed by atoms with van der Waals surface area (Å²) in [6.07, 6.45) is 6.26. The molecule has 0 saturated carbocycles. The summed E-state index contributed by atoms with van der Waals surface area (Å²) in [5.41, 5.74) is -0.0941. The highest BCUT2D eigenvalue weighted by molar-refractivity contribution is 7.54. The van der Waals surface area contributed by atoms with Crippen LogP contribution in [0.4, 0.5) is 0 Å². The SMILES string of the molecule is CC.CC(C)(C)CC(C)(C)C(=O)O.CC(C=O)CC(C)(C)C.CCCn1cc(CO[P+](O)(O)OCC(C)(C)COCC(C)(C)CCOC)nn1. The van der Waals surface area contributed by atoms with E-state index in [1.165, 1.54) is 0 Å². The molecule has 0 spiro atoms. The number of hydrogen-bond donors (Lipinski definition) is 3. The van der Waals surface area contributed by atoms with Crippen molar-refractivity contribution in [3.05, 3.63) is 11.9 Å². The Hall–Kier alpha value is -1.53. The van der Waals surface area contributed by atoms with Gasteiger partial charge in [0.05, 0.1) is 24.8 Å². The van der Waals surface area contributed by atoms with Crippen molar-refractivity contribution in [3.63, 3.8) is 0 Å². The van der Waals surface area contributed by atoms with Crippen molar-refractivity contribution in [2.24, 2.45) is 33.0 Å². The summed E-state index contributed by atoms with van der Waals surface area (Å²) in [7, 11) is -2.25. The van der Waals surface area contributed by atoms with Crippen LogP contribution in [-0.2, 0) is 41.3 Å². The Bertz CT molecular complexity index is 1030. The molecule has 0 aromatic carbocycles. The highest BCUT2D eigenvalue weighted by atomic mass is 31.2. The van der Waals surface area contributed by atoms with Gasteiger partial charge in [-0.2, -0.15) is 14.3 Å².